The molecule has 126 valence electrons. The smallest absolute Gasteiger partial charge is 0.410 e. The lowest BCUT2D eigenvalue weighted by Gasteiger charge is -2.28. The summed E-state index contributed by atoms with van der Waals surface area (Å²) in [6.07, 6.45) is 1.53. The lowest BCUT2D eigenvalue weighted by molar-refractivity contribution is 0.0223. The Kier molecular flexibility index (Phi) is 5.58. The van der Waals surface area contributed by atoms with Crippen molar-refractivity contribution in [2.45, 2.75) is 51.7 Å². The molecular formula is C17H21Cl2NO3. The molecule has 0 spiro atoms. The average Bonchev–Trinajstić information content (AvgIpc) is 2.84. The lowest BCUT2D eigenvalue weighted by atomic mass is 10.0. The molecule has 1 aliphatic rings. The van der Waals surface area contributed by atoms with Gasteiger partial charge < -0.3 is 9.64 Å². The van der Waals surface area contributed by atoms with E-state index in [-0.39, 0.29) is 24.3 Å². The number of likely N-dealkylation sites (tertiary alicyclic amines) is 1. The topological polar surface area (TPSA) is 46.6 Å². The highest BCUT2D eigenvalue weighted by Crippen LogP contribution is 2.27. The maximum Gasteiger partial charge on any atom is 0.410 e. The Bertz CT molecular complexity index is 610. The van der Waals surface area contributed by atoms with Crippen molar-refractivity contribution in [2.75, 3.05) is 6.54 Å². The molecule has 1 fully saturated rings. The fourth-order valence-corrected chi connectivity index (χ4v) is 3.16. The predicted octanol–water partition coefficient (Wildman–Crippen LogP) is 4.97. The van der Waals surface area contributed by atoms with Crippen LogP contribution in [-0.4, -0.2) is 35.0 Å². The molecule has 1 aliphatic heterocycles. The summed E-state index contributed by atoms with van der Waals surface area (Å²) >= 11 is 11.9. The summed E-state index contributed by atoms with van der Waals surface area (Å²) in [5, 5.41) is 0.826. The number of ketones is 1. The van der Waals surface area contributed by atoms with Crippen LogP contribution in [0.25, 0.3) is 0 Å². The van der Waals surface area contributed by atoms with Gasteiger partial charge in [-0.05, 0) is 51.8 Å². The number of halogens is 2. The third-order valence-electron chi connectivity index (χ3n) is 3.66. The molecule has 0 saturated carbocycles. The van der Waals surface area contributed by atoms with Crippen molar-refractivity contribution in [3.63, 3.8) is 0 Å². The first-order chi connectivity index (χ1) is 10.7. The Hall–Kier alpha value is -1.26. The van der Waals surface area contributed by atoms with Gasteiger partial charge in [-0.15, -0.1) is 0 Å². The molecule has 1 aromatic rings. The van der Waals surface area contributed by atoms with Crippen LogP contribution in [0.3, 0.4) is 0 Å². The van der Waals surface area contributed by atoms with Gasteiger partial charge in [0.2, 0.25) is 0 Å². The van der Waals surface area contributed by atoms with E-state index >= 15 is 0 Å². The maximum absolute atomic E-state index is 12.5. The van der Waals surface area contributed by atoms with Crippen LogP contribution in [0.15, 0.2) is 18.2 Å². The van der Waals surface area contributed by atoms with E-state index in [2.05, 4.69) is 0 Å². The van der Waals surface area contributed by atoms with Gasteiger partial charge in [0.1, 0.15) is 5.60 Å². The van der Waals surface area contributed by atoms with Crippen molar-refractivity contribution < 1.29 is 14.3 Å². The number of amides is 1. The van der Waals surface area contributed by atoms with Crippen molar-refractivity contribution in [3.8, 4) is 0 Å². The molecule has 1 heterocycles. The van der Waals surface area contributed by atoms with E-state index in [4.69, 9.17) is 27.9 Å². The lowest BCUT2D eigenvalue weighted by Crippen LogP contribution is -2.40. The summed E-state index contributed by atoms with van der Waals surface area (Å²) in [6.45, 7) is 6.10. The molecule has 1 unspecified atom stereocenters. The molecular weight excluding hydrogens is 337 g/mol. The molecule has 0 aliphatic carbocycles. The summed E-state index contributed by atoms with van der Waals surface area (Å²) in [6, 6.07) is 4.67. The predicted molar refractivity (Wildman–Crippen MR) is 91.4 cm³/mol. The van der Waals surface area contributed by atoms with Gasteiger partial charge in [0.15, 0.2) is 5.78 Å². The van der Waals surface area contributed by atoms with Crippen LogP contribution in [0, 0.1) is 0 Å². The van der Waals surface area contributed by atoms with Crippen molar-refractivity contribution in [1.29, 1.82) is 0 Å². The highest BCUT2D eigenvalue weighted by molar-refractivity contribution is 6.36. The molecule has 1 saturated heterocycles. The van der Waals surface area contributed by atoms with Gasteiger partial charge in [0, 0.05) is 29.6 Å². The second kappa shape index (κ2) is 7.10. The molecule has 0 aromatic heterocycles. The monoisotopic (exact) mass is 357 g/mol. The highest BCUT2D eigenvalue weighted by atomic mass is 35.5. The number of hydrogen-bond donors (Lipinski definition) is 0. The number of nitrogens with zero attached hydrogens (tertiary/aromatic N) is 1. The van der Waals surface area contributed by atoms with E-state index in [0.717, 1.165) is 12.8 Å². The molecule has 1 amide bonds. The third kappa shape index (κ3) is 4.85. The van der Waals surface area contributed by atoms with Crippen LogP contribution in [0.2, 0.25) is 10.0 Å². The number of carbonyl (C=O) groups is 2. The largest absolute Gasteiger partial charge is 0.444 e. The van der Waals surface area contributed by atoms with Crippen LogP contribution in [-0.2, 0) is 4.74 Å². The van der Waals surface area contributed by atoms with Gasteiger partial charge in [-0.2, -0.15) is 0 Å². The van der Waals surface area contributed by atoms with Gasteiger partial charge in [-0.1, -0.05) is 23.2 Å². The molecule has 0 N–H and O–H groups in total. The van der Waals surface area contributed by atoms with Crippen LogP contribution >= 0.6 is 23.2 Å². The van der Waals surface area contributed by atoms with Crippen LogP contribution < -0.4 is 0 Å². The number of Topliss-reactive ketones (excluding diaryl/α,β-unsaturated/α-hetero) is 1. The first-order valence-corrected chi connectivity index (χ1v) is 8.41. The molecule has 1 atom stereocenters. The summed E-state index contributed by atoms with van der Waals surface area (Å²) in [7, 11) is 0. The van der Waals surface area contributed by atoms with Crippen LogP contribution in [0.1, 0.15) is 50.4 Å². The average molecular weight is 358 g/mol. The van der Waals surface area contributed by atoms with Gasteiger partial charge in [-0.25, -0.2) is 4.79 Å². The SMILES string of the molecule is CC(C)(C)OC(=O)N1CCCC1CC(=O)c1ccc(Cl)cc1Cl. The fourth-order valence-electron chi connectivity index (χ4n) is 2.65. The highest BCUT2D eigenvalue weighted by Gasteiger charge is 2.33. The quantitative estimate of drug-likeness (QED) is 0.717. The molecule has 4 nitrogen and oxygen atoms in total. The minimum atomic E-state index is -0.548. The zero-order chi connectivity index (χ0) is 17.2. The van der Waals surface area contributed by atoms with E-state index in [1.165, 1.54) is 0 Å². The first kappa shape index (κ1) is 18.1. The number of benzene rings is 1. The summed E-state index contributed by atoms with van der Waals surface area (Å²) < 4.78 is 5.41. The molecule has 2 rings (SSSR count). The Morgan fingerprint density at radius 2 is 2.00 bits per heavy atom. The molecule has 0 bridgehead atoms. The van der Waals surface area contributed by atoms with Gasteiger partial charge in [0.25, 0.3) is 0 Å². The first-order valence-electron chi connectivity index (χ1n) is 7.65. The molecule has 6 heteroatoms. The minimum absolute atomic E-state index is 0.0906. The Morgan fingerprint density at radius 1 is 1.30 bits per heavy atom. The van der Waals surface area contributed by atoms with Gasteiger partial charge in [0.05, 0.1) is 5.02 Å². The van der Waals surface area contributed by atoms with E-state index in [1.807, 2.05) is 20.8 Å². The molecule has 1 aromatic carbocycles. The second-order valence-corrected chi connectivity index (χ2v) is 7.56. The van der Waals surface area contributed by atoms with Crippen molar-refractivity contribution in [3.05, 3.63) is 33.8 Å². The summed E-state index contributed by atoms with van der Waals surface area (Å²) in [5.74, 6) is -0.0906. The van der Waals surface area contributed by atoms with Gasteiger partial charge >= 0.3 is 6.09 Å². The van der Waals surface area contributed by atoms with Crippen molar-refractivity contribution in [2.24, 2.45) is 0 Å². The third-order valence-corrected chi connectivity index (χ3v) is 4.21. The number of carbonyl (C=O) groups excluding carboxylic acids is 2. The zero-order valence-corrected chi connectivity index (χ0v) is 15.1. The number of rotatable bonds is 3. The van der Waals surface area contributed by atoms with Crippen molar-refractivity contribution in [1.82, 2.24) is 4.90 Å². The van der Waals surface area contributed by atoms with E-state index in [1.54, 1.807) is 23.1 Å². The summed E-state index contributed by atoms with van der Waals surface area (Å²) in [4.78, 5) is 26.4. The fraction of sp³-hybridized carbons (Fsp3) is 0.529. The number of ether oxygens (including phenoxy) is 1. The maximum atomic E-state index is 12.5. The minimum Gasteiger partial charge on any atom is -0.444 e. The Morgan fingerprint density at radius 3 is 2.61 bits per heavy atom. The standard InChI is InChI=1S/C17H21Cl2NO3/c1-17(2,3)23-16(22)20-8-4-5-12(20)10-15(21)13-7-6-11(18)9-14(13)19/h6-7,9,12H,4-5,8,10H2,1-3H3. The van der Waals surface area contributed by atoms with Crippen LogP contribution in [0.4, 0.5) is 4.79 Å². The van der Waals surface area contributed by atoms with Crippen LogP contribution in [0.5, 0.6) is 0 Å². The van der Waals surface area contributed by atoms with E-state index in [9.17, 15) is 9.59 Å². The second-order valence-electron chi connectivity index (χ2n) is 6.72. The van der Waals surface area contributed by atoms with Gasteiger partial charge in [-0.3, -0.25) is 4.79 Å². The van der Waals surface area contributed by atoms with E-state index < -0.39 is 5.60 Å². The van der Waals surface area contributed by atoms with E-state index in [0.29, 0.717) is 22.2 Å². The zero-order valence-electron chi connectivity index (χ0n) is 13.6. The normalized spacial score (nSPS) is 18.1. The number of hydrogen-bond acceptors (Lipinski definition) is 3. The van der Waals surface area contributed by atoms with Crippen molar-refractivity contribution >= 4 is 35.1 Å². The summed E-state index contributed by atoms with van der Waals surface area (Å²) in [5.41, 5.74) is -0.111. The Labute approximate surface area is 146 Å². The molecule has 23 heavy (non-hydrogen) atoms. The molecule has 0 radical (unpaired) electrons. The Balaban J connectivity index is 2.06.